The van der Waals surface area contributed by atoms with Gasteiger partial charge in [-0.2, -0.15) is 0 Å². The Labute approximate surface area is 155 Å². The van der Waals surface area contributed by atoms with Crippen LogP contribution in [0.3, 0.4) is 0 Å². The molecule has 1 heterocycles. The van der Waals surface area contributed by atoms with Gasteiger partial charge >= 0.3 is 0 Å². The van der Waals surface area contributed by atoms with Crippen LogP contribution in [0.5, 0.6) is 17.2 Å². The molecule has 0 spiro atoms. The van der Waals surface area contributed by atoms with Gasteiger partial charge in [-0.15, -0.1) is 0 Å². The third-order valence-electron chi connectivity index (χ3n) is 3.47. The van der Waals surface area contributed by atoms with Crippen LogP contribution in [0.2, 0.25) is 10.0 Å². The van der Waals surface area contributed by atoms with Gasteiger partial charge in [0.15, 0.2) is 11.5 Å². The van der Waals surface area contributed by atoms with E-state index in [1.54, 1.807) is 36.4 Å². The van der Waals surface area contributed by atoms with Crippen molar-refractivity contribution < 1.29 is 19.0 Å². The zero-order valence-corrected chi connectivity index (χ0v) is 14.9. The van der Waals surface area contributed by atoms with Crippen molar-refractivity contribution in [3.05, 3.63) is 52.0 Å². The predicted octanol–water partition coefficient (Wildman–Crippen LogP) is 4.43. The first-order valence-corrected chi connectivity index (χ1v) is 8.24. The first-order chi connectivity index (χ1) is 12.1. The minimum atomic E-state index is -0.310. The molecule has 2 aromatic carbocycles. The van der Waals surface area contributed by atoms with Crippen LogP contribution in [0.25, 0.3) is 6.08 Å². The number of rotatable bonds is 4. The van der Waals surface area contributed by atoms with Crippen LogP contribution in [0.15, 0.2) is 36.4 Å². The smallest absolute Gasteiger partial charge is 0.248 e. The van der Waals surface area contributed by atoms with E-state index in [0.717, 1.165) is 0 Å². The maximum atomic E-state index is 12.1. The van der Waals surface area contributed by atoms with Crippen LogP contribution >= 0.6 is 23.2 Å². The molecule has 0 atom stereocenters. The fourth-order valence-electron chi connectivity index (χ4n) is 2.39. The molecular formula is C18H15Cl2NO4. The highest BCUT2D eigenvalue weighted by Gasteiger charge is 2.12. The second-order valence-corrected chi connectivity index (χ2v) is 6.03. The molecule has 1 N–H and O–H groups in total. The quantitative estimate of drug-likeness (QED) is 0.798. The molecule has 25 heavy (non-hydrogen) atoms. The van der Waals surface area contributed by atoms with Crippen LogP contribution in [-0.2, 0) is 4.79 Å². The Hall–Kier alpha value is -2.37. The molecule has 0 saturated heterocycles. The lowest BCUT2D eigenvalue weighted by Crippen LogP contribution is -2.16. The third-order valence-corrected chi connectivity index (χ3v) is 3.96. The molecule has 0 radical (unpaired) electrons. The Balaban J connectivity index is 1.74. The monoisotopic (exact) mass is 379 g/mol. The van der Waals surface area contributed by atoms with Crippen molar-refractivity contribution in [1.29, 1.82) is 0 Å². The normalized spacial score (nSPS) is 12.9. The molecule has 2 aromatic rings. The summed E-state index contributed by atoms with van der Waals surface area (Å²) < 4.78 is 16.2. The van der Waals surface area contributed by atoms with E-state index < -0.39 is 0 Å². The van der Waals surface area contributed by atoms with Crippen molar-refractivity contribution in [3.63, 3.8) is 0 Å². The van der Waals surface area contributed by atoms with Crippen LogP contribution in [0.4, 0.5) is 5.69 Å². The molecule has 130 valence electrons. The molecule has 0 fully saturated rings. The van der Waals surface area contributed by atoms with Gasteiger partial charge in [-0.05, 0) is 30.3 Å². The molecule has 5 nitrogen and oxygen atoms in total. The molecule has 3 rings (SSSR count). The SMILES string of the molecule is COc1c(Cl)cc(Cl)cc1/C=C/C(=O)Nc1ccc2c(c1)OCCO2. The van der Waals surface area contributed by atoms with Crippen molar-refractivity contribution in [2.75, 3.05) is 25.6 Å². The number of hydrogen-bond acceptors (Lipinski definition) is 4. The van der Waals surface area contributed by atoms with E-state index in [2.05, 4.69) is 5.32 Å². The Bertz CT molecular complexity index is 836. The number of anilines is 1. The third kappa shape index (κ3) is 4.18. The van der Waals surface area contributed by atoms with Gasteiger partial charge in [0.2, 0.25) is 5.91 Å². The fourth-order valence-corrected chi connectivity index (χ4v) is 2.98. The number of hydrogen-bond donors (Lipinski definition) is 1. The van der Waals surface area contributed by atoms with Gasteiger partial charge in [0.1, 0.15) is 19.0 Å². The predicted molar refractivity (Wildman–Crippen MR) is 98.1 cm³/mol. The largest absolute Gasteiger partial charge is 0.495 e. The summed E-state index contributed by atoms with van der Waals surface area (Å²) in [5.74, 6) is 1.42. The van der Waals surface area contributed by atoms with Gasteiger partial charge < -0.3 is 19.5 Å². The number of benzene rings is 2. The topological polar surface area (TPSA) is 56.8 Å². The summed E-state index contributed by atoms with van der Waals surface area (Å²) in [6.07, 6.45) is 2.96. The van der Waals surface area contributed by atoms with Gasteiger partial charge in [-0.3, -0.25) is 4.79 Å². The number of amides is 1. The second-order valence-electron chi connectivity index (χ2n) is 5.19. The van der Waals surface area contributed by atoms with Gasteiger partial charge in [-0.1, -0.05) is 23.2 Å². The Morgan fingerprint density at radius 1 is 1.16 bits per heavy atom. The number of ether oxygens (including phenoxy) is 3. The summed E-state index contributed by atoms with van der Waals surface area (Å²) in [5.41, 5.74) is 1.22. The molecule has 0 saturated carbocycles. The van der Waals surface area contributed by atoms with Crippen LogP contribution in [-0.4, -0.2) is 26.2 Å². The zero-order valence-electron chi connectivity index (χ0n) is 13.3. The highest BCUT2D eigenvalue weighted by molar-refractivity contribution is 6.36. The molecule has 1 amide bonds. The van der Waals surface area contributed by atoms with E-state index in [1.165, 1.54) is 13.2 Å². The number of carbonyl (C=O) groups is 1. The van der Waals surface area contributed by atoms with Gasteiger partial charge in [-0.25, -0.2) is 0 Å². The lowest BCUT2D eigenvalue weighted by molar-refractivity contribution is -0.111. The number of carbonyl (C=O) groups excluding carboxylic acids is 1. The molecule has 0 aliphatic carbocycles. The van der Waals surface area contributed by atoms with E-state index in [-0.39, 0.29) is 5.91 Å². The average Bonchev–Trinajstić information content (AvgIpc) is 2.59. The lowest BCUT2D eigenvalue weighted by Gasteiger charge is -2.18. The summed E-state index contributed by atoms with van der Waals surface area (Å²) in [7, 11) is 1.50. The van der Waals surface area contributed by atoms with E-state index in [4.69, 9.17) is 37.4 Å². The Morgan fingerprint density at radius 3 is 2.68 bits per heavy atom. The highest BCUT2D eigenvalue weighted by Crippen LogP contribution is 2.34. The molecule has 7 heteroatoms. The second kappa shape index (κ2) is 7.68. The maximum Gasteiger partial charge on any atom is 0.248 e. The van der Waals surface area contributed by atoms with E-state index >= 15 is 0 Å². The minimum Gasteiger partial charge on any atom is -0.495 e. The maximum absolute atomic E-state index is 12.1. The molecule has 0 aromatic heterocycles. The number of fused-ring (bicyclic) bond motifs is 1. The number of methoxy groups -OCH3 is 1. The fraction of sp³-hybridized carbons (Fsp3) is 0.167. The Kier molecular flexibility index (Phi) is 5.36. The van der Waals surface area contributed by atoms with Crippen molar-refractivity contribution in [3.8, 4) is 17.2 Å². The summed E-state index contributed by atoms with van der Waals surface area (Å²) in [6, 6.07) is 8.47. The van der Waals surface area contributed by atoms with Crippen LogP contribution in [0, 0.1) is 0 Å². The van der Waals surface area contributed by atoms with Crippen LogP contribution in [0.1, 0.15) is 5.56 Å². The number of halogens is 2. The first kappa shape index (κ1) is 17.5. The lowest BCUT2D eigenvalue weighted by atomic mass is 10.2. The van der Waals surface area contributed by atoms with Gasteiger partial charge in [0.25, 0.3) is 0 Å². The van der Waals surface area contributed by atoms with Gasteiger partial charge in [0.05, 0.1) is 12.1 Å². The summed E-state index contributed by atoms with van der Waals surface area (Å²) in [4.78, 5) is 12.1. The van der Waals surface area contributed by atoms with Crippen molar-refractivity contribution in [2.24, 2.45) is 0 Å². The average molecular weight is 380 g/mol. The minimum absolute atomic E-state index is 0.310. The van der Waals surface area contributed by atoms with E-state index in [9.17, 15) is 4.79 Å². The zero-order chi connectivity index (χ0) is 17.8. The van der Waals surface area contributed by atoms with Crippen molar-refractivity contribution >= 4 is 40.9 Å². The molecule has 0 bridgehead atoms. The highest BCUT2D eigenvalue weighted by atomic mass is 35.5. The standard InChI is InChI=1S/C18H15Cl2NO4/c1-23-18-11(8-12(19)9-14(18)20)2-5-17(22)21-13-3-4-15-16(10-13)25-7-6-24-15/h2-5,8-10H,6-7H2,1H3,(H,21,22)/b5-2+. The molecule has 1 aliphatic heterocycles. The molecule has 1 aliphatic rings. The molecule has 0 unspecified atom stereocenters. The van der Waals surface area contributed by atoms with Crippen molar-refractivity contribution in [1.82, 2.24) is 0 Å². The summed E-state index contributed by atoms with van der Waals surface area (Å²) >= 11 is 12.1. The van der Waals surface area contributed by atoms with E-state index in [1.807, 2.05) is 0 Å². The molecular weight excluding hydrogens is 365 g/mol. The summed E-state index contributed by atoms with van der Waals surface area (Å²) in [5, 5.41) is 3.59. The van der Waals surface area contributed by atoms with E-state index in [0.29, 0.717) is 51.8 Å². The summed E-state index contributed by atoms with van der Waals surface area (Å²) in [6.45, 7) is 1.01. The van der Waals surface area contributed by atoms with Crippen molar-refractivity contribution in [2.45, 2.75) is 0 Å². The first-order valence-electron chi connectivity index (χ1n) is 7.48. The Morgan fingerprint density at radius 2 is 1.92 bits per heavy atom. The number of nitrogens with one attached hydrogen (secondary N) is 1. The van der Waals surface area contributed by atoms with Gasteiger partial charge in [0, 0.05) is 28.4 Å². The van der Waals surface area contributed by atoms with Crippen LogP contribution < -0.4 is 19.5 Å².